The van der Waals surface area contributed by atoms with Crippen LogP contribution in [0.25, 0.3) is 0 Å². The summed E-state index contributed by atoms with van der Waals surface area (Å²) >= 11 is 0. The second-order valence-corrected chi connectivity index (χ2v) is 7.11. The molecule has 1 fully saturated rings. The quantitative estimate of drug-likeness (QED) is 0.308. The molecule has 0 saturated carbocycles. The molecule has 2 heterocycles. The van der Waals surface area contributed by atoms with Crippen molar-refractivity contribution in [3.05, 3.63) is 29.6 Å². The number of nitrogens with one attached hydrogen (secondary N) is 1. The van der Waals surface area contributed by atoms with E-state index in [9.17, 15) is 8.42 Å². The number of amidine groups is 1. The molecule has 1 aromatic rings. The van der Waals surface area contributed by atoms with Crippen molar-refractivity contribution in [2.24, 2.45) is 10.9 Å². The van der Waals surface area contributed by atoms with Crippen LogP contribution in [0.2, 0.25) is 0 Å². The van der Waals surface area contributed by atoms with Crippen molar-refractivity contribution in [1.29, 1.82) is 0 Å². The van der Waals surface area contributed by atoms with Gasteiger partial charge in [-0.3, -0.25) is 4.98 Å². The average Bonchev–Trinajstić information content (AvgIpc) is 2.45. The van der Waals surface area contributed by atoms with Crippen molar-refractivity contribution in [3.63, 3.8) is 0 Å². The molecule has 110 valence electrons. The lowest BCUT2D eigenvalue weighted by Crippen LogP contribution is -2.37. The fourth-order valence-electron chi connectivity index (χ4n) is 2.21. The second-order valence-electron chi connectivity index (χ2n) is 4.80. The van der Waals surface area contributed by atoms with Gasteiger partial charge in [-0.2, -0.15) is 0 Å². The van der Waals surface area contributed by atoms with Crippen molar-refractivity contribution >= 4 is 15.7 Å². The van der Waals surface area contributed by atoms with Crippen LogP contribution in [0.1, 0.15) is 24.1 Å². The van der Waals surface area contributed by atoms with Crippen LogP contribution in [0.4, 0.5) is 0 Å². The summed E-state index contributed by atoms with van der Waals surface area (Å²) in [7, 11) is -2.85. The highest BCUT2D eigenvalue weighted by molar-refractivity contribution is 7.91. The number of hydrogen-bond acceptors (Lipinski definition) is 6. The molecular weight excluding hydrogens is 280 g/mol. The minimum absolute atomic E-state index is 0.0337. The number of rotatable bonds is 4. The molecular formula is C12H18N4O3S. The molecule has 1 aromatic heterocycles. The average molecular weight is 298 g/mol. The first-order chi connectivity index (χ1) is 9.52. The van der Waals surface area contributed by atoms with Gasteiger partial charge in [-0.15, -0.1) is 0 Å². The highest BCUT2D eigenvalue weighted by Crippen LogP contribution is 2.13. The third-order valence-corrected chi connectivity index (χ3v) is 5.09. The van der Waals surface area contributed by atoms with Gasteiger partial charge in [0.15, 0.2) is 5.84 Å². The van der Waals surface area contributed by atoms with E-state index in [1.165, 1.54) is 0 Å². The van der Waals surface area contributed by atoms with Crippen LogP contribution < -0.4 is 11.1 Å². The third-order valence-electron chi connectivity index (χ3n) is 3.38. The number of hydrogen-bond donors (Lipinski definition) is 3. The summed E-state index contributed by atoms with van der Waals surface area (Å²) in [6, 6.07) is 3.78. The summed E-state index contributed by atoms with van der Waals surface area (Å²) in [6.07, 6.45) is 2.80. The lowest BCUT2D eigenvalue weighted by molar-refractivity contribution is 0.318. The summed E-state index contributed by atoms with van der Waals surface area (Å²) in [5.41, 5.74) is 6.82. The molecule has 0 unspecified atom stereocenters. The molecule has 7 nitrogen and oxygen atoms in total. The monoisotopic (exact) mass is 298 g/mol. The van der Waals surface area contributed by atoms with Gasteiger partial charge in [0.1, 0.15) is 15.5 Å². The van der Waals surface area contributed by atoms with E-state index in [0.717, 1.165) is 5.56 Å². The van der Waals surface area contributed by atoms with Crippen LogP contribution in [0.15, 0.2) is 23.5 Å². The van der Waals surface area contributed by atoms with E-state index in [1.807, 2.05) is 6.07 Å². The maximum atomic E-state index is 11.4. The van der Waals surface area contributed by atoms with Crippen LogP contribution >= 0.6 is 0 Å². The summed E-state index contributed by atoms with van der Waals surface area (Å²) in [5, 5.41) is 15.0. The van der Waals surface area contributed by atoms with E-state index in [0.29, 0.717) is 25.1 Å². The maximum Gasteiger partial charge on any atom is 0.189 e. The van der Waals surface area contributed by atoms with Crippen LogP contribution in [-0.4, -0.2) is 42.0 Å². The van der Waals surface area contributed by atoms with E-state index >= 15 is 0 Å². The number of sulfone groups is 1. The van der Waals surface area contributed by atoms with Gasteiger partial charge in [-0.1, -0.05) is 11.2 Å². The zero-order valence-electron chi connectivity index (χ0n) is 11.0. The number of pyridine rings is 1. The zero-order chi connectivity index (χ0) is 14.6. The fraction of sp³-hybridized carbons (Fsp3) is 0.500. The van der Waals surface area contributed by atoms with Gasteiger partial charge >= 0.3 is 0 Å². The molecule has 0 bridgehead atoms. The van der Waals surface area contributed by atoms with Gasteiger partial charge in [-0.05, 0) is 24.5 Å². The van der Waals surface area contributed by atoms with Gasteiger partial charge in [0.25, 0.3) is 0 Å². The Balaban J connectivity index is 1.98. The van der Waals surface area contributed by atoms with E-state index in [4.69, 9.17) is 10.9 Å². The minimum atomic E-state index is -2.85. The summed E-state index contributed by atoms with van der Waals surface area (Å²) in [5.74, 6) is 0.420. The molecule has 8 heteroatoms. The van der Waals surface area contributed by atoms with Crippen LogP contribution in [-0.2, 0) is 16.4 Å². The fourth-order valence-corrected chi connectivity index (χ4v) is 3.70. The Kier molecular flexibility index (Phi) is 4.56. The Bertz CT molecular complexity index is 586. The summed E-state index contributed by atoms with van der Waals surface area (Å²) in [6.45, 7) is 0.504. The van der Waals surface area contributed by atoms with Crippen molar-refractivity contribution in [2.75, 3.05) is 11.5 Å². The molecule has 4 N–H and O–H groups in total. The Labute approximate surface area is 117 Å². The molecule has 0 aromatic carbocycles. The van der Waals surface area contributed by atoms with Crippen molar-refractivity contribution in [2.45, 2.75) is 25.4 Å². The van der Waals surface area contributed by atoms with Gasteiger partial charge < -0.3 is 16.3 Å². The lowest BCUT2D eigenvalue weighted by Gasteiger charge is -2.23. The van der Waals surface area contributed by atoms with Crippen molar-refractivity contribution < 1.29 is 13.6 Å². The van der Waals surface area contributed by atoms with Gasteiger partial charge in [0.2, 0.25) is 0 Å². The van der Waals surface area contributed by atoms with Crippen molar-refractivity contribution in [1.82, 2.24) is 10.3 Å². The van der Waals surface area contributed by atoms with E-state index in [-0.39, 0.29) is 23.4 Å². The van der Waals surface area contributed by atoms with Crippen LogP contribution in [0, 0.1) is 0 Å². The van der Waals surface area contributed by atoms with Gasteiger partial charge in [0.05, 0.1) is 11.5 Å². The normalized spacial score (nSPS) is 19.9. The molecule has 1 saturated heterocycles. The molecule has 0 atom stereocenters. The molecule has 20 heavy (non-hydrogen) atoms. The Morgan fingerprint density at radius 1 is 1.50 bits per heavy atom. The van der Waals surface area contributed by atoms with E-state index in [1.54, 1.807) is 12.3 Å². The first kappa shape index (κ1) is 14.7. The first-order valence-electron chi connectivity index (χ1n) is 6.37. The maximum absolute atomic E-state index is 11.4. The number of nitrogens with zero attached hydrogens (tertiary/aromatic N) is 2. The summed E-state index contributed by atoms with van der Waals surface area (Å²) in [4.78, 5) is 4.08. The third kappa shape index (κ3) is 3.67. The molecule has 0 aliphatic carbocycles. The largest absolute Gasteiger partial charge is 0.409 e. The minimum Gasteiger partial charge on any atom is -0.409 e. The predicted molar refractivity (Wildman–Crippen MR) is 75.3 cm³/mol. The Hall–Kier alpha value is -1.67. The lowest BCUT2D eigenvalue weighted by atomic mass is 10.1. The summed E-state index contributed by atoms with van der Waals surface area (Å²) < 4.78 is 22.7. The molecule has 0 spiro atoms. The second kappa shape index (κ2) is 6.19. The van der Waals surface area contributed by atoms with E-state index < -0.39 is 9.84 Å². The van der Waals surface area contributed by atoms with Gasteiger partial charge in [-0.25, -0.2) is 8.42 Å². The van der Waals surface area contributed by atoms with Gasteiger partial charge in [0, 0.05) is 18.8 Å². The van der Waals surface area contributed by atoms with E-state index in [2.05, 4.69) is 15.5 Å². The predicted octanol–water partition coefficient (Wildman–Crippen LogP) is -0.157. The molecule has 1 aliphatic heterocycles. The molecule has 0 radical (unpaired) electrons. The molecule has 0 amide bonds. The van der Waals surface area contributed by atoms with Crippen LogP contribution in [0.5, 0.6) is 0 Å². The number of aromatic nitrogens is 1. The first-order valence-corrected chi connectivity index (χ1v) is 8.19. The SMILES string of the molecule is NC(=NO)c1ncccc1CNC1CCS(=O)(=O)CC1. The molecule has 1 aliphatic rings. The van der Waals surface area contributed by atoms with Crippen LogP contribution in [0.3, 0.4) is 0 Å². The van der Waals surface area contributed by atoms with Crippen molar-refractivity contribution in [3.8, 4) is 0 Å². The Morgan fingerprint density at radius 2 is 2.20 bits per heavy atom. The standard InChI is InChI=1S/C12H18N4O3S/c13-12(16-17)11-9(2-1-5-14-11)8-15-10-3-6-20(18,19)7-4-10/h1-2,5,10,15,17H,3-4,6-8H2,(H2,13,16). The number of oxime groups is 1. The number of nitrogens with two attached hydrogens (primary N) is 1. The zero-order valence-corrected chi connectivity index (χ0v) is 11.8. The topological polar surface area (TPSA) is 118 Å². The Morgan fingerprint density at radius 3 is 2.85 bits per heavy atom. The highest BCUT2D eigenvalue weighted by atomic mass is 32.2. The smallest absolute Gasteiger partial charge is 0.189 e. The highest BCUT2D eigenvalue weighted by Gasteiger charge is 2.23. The molecule has 2 rings (SSSR count).